The molecule has 0 atom stereocenters. The number of rotatable bonds is 3. The minimum Gasteiger partial charge on any atom is -0.296 e. The molecular weight excluding hydrogens is 293 g/mol. The molecule has 0 unspecified atom stereocenters. The van der Waals surface area contributed by atoms with Gasteiger partial charge in [-0.3, -0.25) is 4.90 Å². The van der Waals surface area contributed by atoms with Gasteiger partial charge in [0.2, 0.25) is 0 Å². The second kappa shape index (κ2) is 5.72. The maximum Gasteiger partial charge on any atom is 0.416 e. The van der Waals surface area contributed by atoms with Crippen LogP contribution in [0.15, 0.2) is 24.3 Å². The number of aryl methyl sites for hydroxylation is 1. The summed E-state index contributed by atoms with van der Waals surface area (Å²) in [6, 6.07) is 5.19. The molecule has 0 bridgehead atoms. The lowest BCUT2D eigenvalue weighted by molar-refractivity contribution is -0.137. The first-order chi connectivity index (χ1) is 10.4. The Morgan fingerprint density at radius 1 is 1.18 bits per heavy atom. The quantitative estimate of drug-likeness (QED) is 0.873. The number of hydrogen-bond acceptors (Lipinski definition) is 3. The third-order valence-corrected chi connectivity index (χ3v) is 3.82. The zero-order chi connectivity index (χ0) is 15.7. The van der Waals surface area contributed by atoms with E-state index in [2.05, 4.69) is 15.0 Å². The van der Waals surface area contributed by atoms with Gasteiger partial charge in [-0.2, -0.15) is 18.3 Å². The Kier molecular flexibility index (Phi) is 3.90. The molecule has 0 amide bonds. The predicted molar refractivity (Wildman–Crippen MR) is 76.0 cm³/mol. The molecule has 1 aliphatic heterocycles. The van der Waals surface area contributed by atoms with E-state index in [1.807, 2.05) is 0 Å². The minimum absolute atomic E-state index is 0.428. The molecule has 4 nitrogen and oxygen atoms in total. The highest BCUT2D eigenvalue weighted by Gasteiger charge is 2.30. The van der Waals surface area contributed by atoms with Crippen LogP contribution in [0.25, 0.3) is 11.4 Å². The Morgan fingerprint density at radius 3 is 2.59 bits per heavy atom. The van der Waals surface area contributed by atoms with Crippen LogP contribution in [0.1, 0.15) is 24.2 Å². The summed E-state index contributed by atoms with van der Waals surface area (Å²) >= 11 is 0. The zero-order valence-corrected chi connectivity index (χ0v) is 12.3. The maximum atomic E-state index is 12.8. The van der Waals surface area contributed by atoms with Gasteiger partial charge in [-0.15, -0.1) is 0 Å². The topological polar surface area (TPSA) is 34.0 Å². The molecule has 0 saturated carbocycles. The number of aromatic nitrogens is 3. The van der Waals surface area contributed by atoms with Crippen LogP contribution in [0.5, 0.6) is 0 Å². The summed E-state index contributed by atoms with van der Waals surface area (Å²) in [4.78, 5) is 6.66. The number of hydrogen-bond donors (Lipinski definition) is 0. The van der Waals surface area contributed by atoms with E-state index in [4.69, 9.17) is 0 Å². The Balaban J connectivity index is 1.87. The molecule has 118 valence electrons. The summed E-state index contributed by atoms with van der Waals surface area (Å²) in [7, 11) is 1.70. The van der Waals surface area contributed by atoms with Crippen LogP contribution in [0.4, 0.5) is 13.2 Å². The van der Waals surface area contributed by atoms with Gasteiger partial charge < -0.3 is 0 Å². The average molecular weight is 310 g/mol. The van der Waals surface area contributed by atoms with Crippen molar-refractivity contribution in [3.05, 3.63) is 35.7 Å². The maximum absolute atomic E-state index is 12.8. The summed E-state index contributed by atoms with van der Waals surface area (Å²) in [6.07, 6.45) is -2.01. The zero-order valence-electron chi connectivity index (χ0n) is 12.3. The third-order valence-electron chi connectivity index (χ3n) is 3.82. The first-order valence-corrected chi connectivity index (χ1v) is 7.23. The molecule has 22 heavy (non-hydrogen) atoms. The van der Waals surface area contributed by atoms with Crippen molar-refractivity contribution in [2.75, 3.05) is 13.1 Å². The summed E-state index contributed by atoms with van der Waals surface area (Å²) < 4.78 is 40.0. The van der Waals surface area contributed by atoms with Crippen LogP contribution >= 0.6 is 0 Å². The molecule has 0 aliphatic carbocycles. The van der Waals surface area contributed by atoms with Gasteiger partial charge in [-0.25, -0.2) is 9.67 Å². The fraction of sp³-hybridized carbons (Fsp3) is 0.467. The van der Waals surface area contributed by atoms with E-state index in [9.17, 15) is 13.2 Å². The van der Waals surface area contributed by atoms with E-state index in [-0.39, 0.29) is 0 Å². The summed E-state index contributed by atoms with van der Waals surface area (Å²) in [5, 5.41) is 4.32. The molecule has 1 aliphatic rings. The normalized spacial score (nSPS) is 16.4. The van der Waals surface area contributed by atoms with Crippen molar-refractivity contribution in [1.82, 2.24) is 19.7 Å². The van der Waals surface area contributed by atoms with Crippen molar-refractivity contribution in [3.63, 3.8) is 0 Å². The van der Waals surface area contributed by atoms with Gasteiger partial charge in [0, 0.05) is 12.6 Å². The lowest BCUT2D eigenvalue weighted by Crippen LogP contribution is -2.19. The largest absolute Gasteiger partial charge is 0.416 e. The van der Waals surface area contributed by atoms with Crippen molar-refractivity contribution >= 4 is 0 Å². The Labute approximate surface area is 126 Å². The summed E-state index contributed by atoms with van der Waals surface area (Å²) in [5.74, 6) is 1.11. The smallest absolute Gasteiger partial charge is 0.296 e. The van der Waals surface area contributed by atoms with Gasteiger partial charge in [-0.1, -0.05) is 12.1 Å². The highest BCUT2D eigenvalue weighted by Crippen LogP contribution is 2.31. The second-order valence-corrected chi connectivity index (χ2v) is 5.54. The minimum atomic E-state index is -4.35. The highest BCUT2D eigenvalue weighted by molar-refractivity contribution is 5.56. The van der Waals surface area contributed by atoms with Crippen LogP contribution in [0, 0.1) is 0 Å². The monoisotopic (exact) mass is 310 g/mol. The molecule has 7 heteroatoms. The van der Waals surface area contributed by atoms with Gasteiger partial charge in [0.25, 0.3) is 0 Å². The molecule has 1 aromatic heterocycles. The van der Waals surface area contributed by atoms with E-state index < -0.39 is 11.7 Å². The first-order valence-electron chi connectivity index (χ1n) is 7.23. The molecule has 0 N–H and O–H groups in total. The van der Waals surface area contributed by atoms with Crippen LogP contribution in [-0.2, 0) is 19.8 Å². The fourth-order valence-corrected chi connectivity index (χ4v) is 2.73. The standard InChI is InChI=1S/C15H17F3N4/c1-21-14(11-5-4-6-12(9-11)15(16,17)18)19-13(20-21)10-22-7-2-3-8-22/h4-6,9H,2-3,7-8,10H2,1H3. The van der Waals surface area contributed by atoms with Crippen LogP contribution in [0.3, 0.4) is 0 Å². The van der Waals surface area contributed by atoms with Crippen LogP contribution in [0.2, 0.25) is 0 Å². The highest BCUT2D eigenvalue weighted by atomic mass is 19.4. The van der Waals surface area contributed by atoms with E-state index >= 15 is 0 Å². The van der Waals surface area contributed by atoms with E-state index in [0.717, 1.165) is 25.2 Å². The fourth-order valence-electron chi connectivity index (χ4n) is 2.73. The van der Waals surface area contributed by atoms with Crippen molar-refractivity contribution in [1.29, 1.82) is 0 Å². The molecule has 3 rings (SSSR count). The van der Waals surface area contributed by atoms with Crippen molar-refractivity contribution in [2.45, 2.75) is 25.6 Å². The summed E-state index contributed by atoms with van der Waals surface area (Å²) in [6.45, 7) is 2.70. The van der Waals surface area contributed by atoms with Gasteiger partial charge in [0.1, 0.15) is 0 Å². The average Bonchev–Trinajstić information content (AvgIpc) is 3.08. The number of benzene rings is 1. The molecule has 0 radical (unpaired) electrons. The number of alkyl halides is 3. The predicted octanol–water partition coefficient (Wildman–Crippen LogP) is 3.10. The molecule has 1 saturated heterocycles. The summed E-state index contributed by atoms with van der Waals surface area (Å²) in [5.41, 5.74) is -0.244. The van der Waals surface area contributed by atoms with Gasteiger partial charge >= 0.3 is 6.18 Å². The molecule has 2 heterocycles. The molecule has 2 aromatic rings. The SMILES string of the molecule is Cn1nc(CN2CCCC2)nc1-c1cccc(C(F)(F)F)c1. The molecule has 1 aromatic carbocycles. The first kappa shape index (κ1) is 15.0. The lowest BCUT2D eigenvalue weighted by Gasteiger charge is -2.10. The van der Waals surface area contributed by atoms with Crippen molar-refractivity contribution in [2.24, 2.45) is 7.05 Å². The number of nitrogens with zero attached hydrogens (tertiary/aromatic N) is 4. The number of likely N-dealkylation sites (tertiary alicyclic amines) is 1. The van der Waals surface area contributed by atoms with Crippen molar-refractivity contribution in [3.8, 4) is 11.4 Å². The van der Waals surface area contributed by atoms with E-state index in [1.165, 1.54) is 18.9 Å². The van der Waals surface area contributed by atoms with Gasteiger partial charge in [-0.05, 0) is 38.1 Å². The Hall–Kier alpha value is -1.89. The van der Waals surface area contributed by atoms with E-state index in [1.54, 1.807) is 17.8 Å². The Bertz CT molecular complexity index is 657. The van der Waals surface area contributed by atoms with Crippen LogP contribution < -0.4 is 0 Å². The Morgan fingerprint density at radius 2 is 1.91 bits per heavy atom. The van der Waals surface area contributed by atoms with Crippen LogP contribution in [-0.4, -0.2) is 32.8 Å². The molecular formula is C15H17F3N4. The molecule has 1 fully saturated rings. The molecule has 0 spiro atoms. The van der Waals surface area contributed by atoms with E-state index in [0.29, 0.717) is 23.8 Å². The lowest BCUT2D eigenvalue weighted by atomic mass is 10.1. The van der Waals surface area contributed by atoms with Gasteiger partial charge in [0.15, 0.2) is 11.6 Å². The number of halogens is 3. The third kappa shape index (κ3) is 3.14. The van der Waals surface area contributed by atoms with Gasteiger partial charge in [0.05, 0.1) is 12.1 Å². The van der Waals surface area contributed by atoms with Crippen molar-refractivity contribution < 1.29 is 13.2 Å². The second-order valence-electron chi connectivity index (χ2n) is 5.54.